The Labute approximate surface area is 120 Å². The molecule has 0 aromatic heterocycles. The molecule has 1 aromatic carbocycles. The fourth-order valence-electron chi connectivity index (χ4n) is 2.77. The van der Waals surface area contributed by atoms with E-state index in [4.69, 9.17) is 10.5 Å². The van der Waals surface area contributed by atoms with Gasteiger partial charge in [0.1, 0.15) is 0 Å². The molecule has 0 saturated heterocycles. The highest BCUT2D eigenvalue weighted by Crippen LogP contribution is 2.33. The first-order chi connectivity index (χ1) is 9.63. The van der Waals surface area contributed by atoms with Gasteiger partial charge in [-0.25, -0.2) is 0 Å². The van der Waals surface area contributed by atoms with E-state index in [1.165, 1.54) is 0 Å². The van der Waals surface area contributed by atoms with Crippen molar-refractivity contribution in [3.63, 3.8) is 0 Å². The van der Waals surface area contributed by atoms with E-state index in [0.717, 1.165) is 25.1 Å². The van der Waals surface area contributed by atoms with Crippen molar-refractivity contribution in [2.45, 2.75) is 39.2 Å². The van der Waals surface area contributed by atoms with Gasteiger partial charge in [0.2, 0.25) is 5.91 Å². The van der Waals surface area contributed by atoms with Crippen molar-refractivity contribution in [2.24, 2.45) is 5.92 Å². The summed E-state index contributed by atoms with van der Waals surface area (Å²) in [5.74, 6) is 0.646. The minimum atomic E-state index is 0.179. The second kappa shape index (κ2) is 6.75. The molecule has 1 aromatic rings. The van der Waals surface area contributed by atoms with Gasteiger partial charge in [-0.15, -0.1) is 0 Å². The molecular weight excluding hydrogens is 252 g/mol. The lowest BCUT2D eigenvalue weighted by atomic mass is 9.79. The topological polar surface area (TPSA) is 55.6 Å². The van der Waals surface area contributed by atoms with Gasteiger partial charge in [-0.1, -0.05) is 6.07 Å². The maximum atomic E-state index is 12.4. The van der Waals surface area contributed by atoms with Crippen LogP contribution in [0.25, 0.3) is 0 Å². The quantitative estimate of drug-likeness (QED) is 0.813. The summed E-state index contributed by atoms with van der Waals surface area (Å²) < 4.78 is 5.54. The van der Waals surface area contributed by atoms with Crippen LogP contribution in [-0.2, 0) is 9.53 Å². The van der Waals surface area contributed by atoms with Crippen molar-refractivity contribution in [1.29, 1.82) is 0 Å². The molecule has 0 atom stereocenters. The molecule has 0 unspecified atom stereocenters. The number of anilines is 2. The number of hydrogen-bond donors (Lipinski definition) is 1. The summed E-state index contributed by atoms with van der Waals surface area (Å²) in [6.07, 6.45) is 2.98. The van der Waals surface area contributed by atoms with Gasteiger partial charge in [0.05, 0.1) is 6.10 Å². The predicted octanol–water partition coefficient (Wildman–Crippen LogP) is 2.83. The maximum absolute atomic E-state index is 12.4. The van der Waals surface area contributed by atoms with Gasteiger partial charge in [0, 0.05) is 30.9 Å². The van der Waals surface area contributed by atoms with Gasteiger partial charge in [-0.2, -0.15) is 0 Å². The van der Waals surface area contributed by atoms with Gasteiger partial charge in [-0.3, -0.25) is 4.79 Å². The molecule has 20 heavy (non-hydrogen) atoms. The Hall–Kier alpha value is -1.55. The lowest BCUT2D eigenvalue weighted by Gasteiger charge is -2.35. The van der Waals surface area contributed by atoms with Crippen molar-refractivity contribution < 1.29 is 9.53 Å². The van der Waals surface area contributed by atoms with Crippen molar-refractivity contribution >= 4 is 17.3 Å². The SMILES string of the molecule is CCOC1CC(CC(=O)N(CC)c2cccc(N)c2)C1. The zero-order chi connectivity index (χ0) is 14.5. The number of nitrogen functional groups attached to an aromatic ring is 1. The van der Waals surface area contributed by atoms with Crippen LogP contribution in [0.5, 0.6) is 0 Å². The molecule has 1 aliphatic rings. The van der Waals surface area contributed by atoms with E-state index in [1.807, 2.05) is 43.0 Å². The van der Waals surface area contributed by atoms with Crippen LogP contribution < -0.4 is 10.6 Å². The van der Waals surface area contributed by atoms with Crippen molar-refractivity contribution in [3.05, 3.63) is 24.3 Å². The molecule has 0 spiro atoms. The van der Waals surface area contributed by atoms with Crippen LogP contribution in [0, 0.1) is 5.92 Å². The van der Waals surface area contributed by atoms with Crippen LogP contribution in [0.3, 0.4) is 0 Å². The molecule has 1 aliphatic carbocycles. The zero-order valence-corrected chi connectivity index (χ0v) is 12.3. The first-order valence-electron chi connectivity index (χ1n) is 7.41. The van der Waals surface area contributed by atoms with E-state index in [2.05, 4.69) is 0 Å². The van der Waals surface area contributed by atoms with E-state index in [-0.39, 0.29) is 5.91 Å². The molecule has 0 radical (unpaired) electrons. The van der Waals surface area contributed by atoms with Crippen LogP contribution in [0.15, 0.2) is 24.3 Å². The summed E-state index contributed by atoms with van der Waals surface area (Å²) in [7, 11) is 0. The standard InChI is InChI=1S/C16H24N2O2/c1-3-18(14-7-5-6-13(17)11-14)16(19)10-12-8-15(9-12)20-4-2/h5-7,11-12,15H,3-4,8-10,17H2,1-2H3. The minimum Gasteiger partial charge on any atom is -0.399 e. The molecule has 0 bridgehead atoms. The largest absolute Gasteiger partial charge is 0.399 e. The number of hydrogen-bond acceptors (Lipinski definition) is 3. The molecule has 0 aliphatic heterocycles. The highest BCUT2D eigenvalue weighted by Gasteiger charge is 2.32. The normalized spacial score (nSPS) is 21.3. The summed E-state index contributed by atoms with van der Waals surface area (Å²) in [6.45, 7) is 5.43. The maximum Gasteiger partial charge on any atom is 0.227 e. The van der Waals surface area contributed by atoms with Crippen LogP contribution in [0.4, 0.5) is 11.4 Å². The van der Waals surface area contributed by atoms with E-state index in [9.17, 15) is 4.79 Å². The highest BCUT2D eigenvalue weighted by atomic mass is 16.5. The van der Waals surface area contributed by atoms with Gasteiger partial charge >= 0.3 is 0 Å². The summed E-state index contributed by atoms with van der Waals surface area (Å²) in [5.41, 5.74) is 7.36. The lowest BCUT2D eigenvalue weighted by Crippen LogP contribution is -2.38. The Balaban J connectivity index is 1.90. The number of carbonyl (C=O) groups is 1. The molecule has 110 valence electrons. The van der Waals surface area contributed by atoms with Crippen molar-refractivity contribution in [1.82, 2.24) is 0 Å². The van der Waals surface area contributed by atoms with Crippen molar-refractivity contribution in [3.8, 4) is 0 Å². The van der Waals surface area contributed by atoms with Crippen LogP contribution in [0.1, 0.15) is 33.1 Å². The number of carbonyl (C=O) groups excluding carboxylic acids is 1. The molecule has 1 amide bonds. The molecule has 4 heteroatoms. The zero-order valence-electron chi connectivity index (χ0n) is 12.3. The minimum absolute atomic E-state index is 0.179. The van der Waals surface area contributed by atoms with Gasteiger partial charge in [0.15, 0.2) is 0 Å². The summed E-state index contributed by atoms with van der Waals surface area (Å²) in [5, 5.41) is 0. The van der Waals surface area contributed by atoms with E-state index >= 15 is 0 Å². The third kappa shape index (κ3) is 3.51. The number of benzene rings is 1. The fraction of sp³-hybridized carbons (Fsp3) is 0.562. The van der Waals surface area contributed by atoms with Crippen molar-refractivity contribution in [2.75, 3.05) is 23.8 Å². The van der Waals surface area contributed by atoms with Gasteiger partial charge in [-0.05, 0) is 50.8 Å². The summed E-state index contributed by atoms with van der Waals surface area (Å²) >= 11 is 0. The average molecular weight is 276 g/mol. The Morgan fingerprint density at radius 3 is 2.75 bits per heavy atom. The van der Waals surface area contributed by atoms with E-state index in [1.54, 1.807) is 0 Å². The Morgan fingerprint density at radius 1 is 1.40 bits per heavy atom. The second-order valence-corrected chi connectivity index (χ2v) is 5.35. The van der Waals surface area contributed by atoms with E-state index < -0.39 is 0 Å². The van der Waals surface area contributed by atoms with E-state index in [0.29, 0.717) is 30.7 Å². The smallest absolute Gasteiger partial charge is 0.227 e. The van der Waals surface area contributed by atoms with Crippen LogP contribution in [0.2, 0.25) is 0 Å². The highest BCUT2D eigenvalue weighted by molar-refractivity contribution is 5.93. The number of ether oxygens (including phenoxy) is 1. The van der Waals surface area contributed by atoms with Gasteiger partial charge in [0.25, 0.3) is 0 Å². The molecule has 0 heterocycles. The third-order valence-electron chi connectivity index (χ3n) is 3.86. The van der Waals surface area contributed by atoms with Crippen LogP contribution in [-0.4, -0.2) is 25.2 Å². The third-order valence-corrected chi connectivity index (χ3v) is 3.86. The molecule has 1 fully saturated rings. The number of nitrogens with two attached hydrogens (primary N) is 1. The predicted molar refractivity (Wildman–Crippen MR) is 81.6 cm³/mol. The van der Waals surface area contributed by atoms with Crippen LogP contribution >= 0.6 is 0 Å². The Bertz CT molecular complexity index is 456. The Morgan fingerprint density at radius 2 is 2.15 bits per heavy atom. The second-order valence-electron chi connectivity index (χ2n) is 5.35. The monoisotopic (exact) mass is 276 g/mol. The lowest BCUT2D eigenvalue weighted by molar-refractivity contribution is -0.121. The summed E-state index contributed by atoms with van der Waals surface area (Å²) in [4.78, 5) is 14.2. The molecule has 1 saturated carbocycles. The number of amides is 1. The number of rotatable bonds is 6. The Kier molecular flexibility index (Phi) is 5.01. The number of nitrogens with zero attached hydrogens (tertiary/aromatic N) is 1. The average Bonchev–Trinajstić information content (AvgIpc) is 2.37. The summed E-state index contributed by atoms with van der Waals surface area (Å²) in [6, 6.07) is 7.50. The first-order valence-corrected chi connectivity index (χ1v) is 7.41. The molecule has 2 N–H and O–H groups in total. The fourth-order valence-corrected chi connectivity index (χ4v) is 2.77. The molecule has 4 nitrogen and oxygen atoms in total. The molecular formula is C16H24N2O2. The van der Waals surface area contributed by atoms with Gasteiger partial charge < -0.3 is 15.4 Å². The first kappa shape index (κ1) is 14.9. The molecule has 2 rings (SSSR count).